The van der Waals surface area contributed by atoms with Gasteiger partial charge in [-0.3, -0.25) is 4.90 Å². The second-order valence-electron chi connectivity index (χ2n) is 9.56. The van der Waals surface area contributed by atoms with Crippen LogP contribution < -0.4 is 0 Å². The van der Waals surface area contributed by atoms with Crippen LogP contribution in [0.1, 0.15) is 145 Å². The average Bonchev–Trinajstić information content (AvgIpc) is 2.70. The van der Waals surface area contributed by atoms with Crippen LogP contribution in [0.15, 0.2) is 0 Å². The lowest BCUT2D eigenvalue weighted by molar-refractivity contribution is -0.0102. The van der Waals surface area contributed by atoms with Crippen molar-refractivity contribution < 1.29 is 0 Å². The fourth-order valence-corrected chi connectivity index (χ4v) is 6.30. The quantitative estimate of drug-likeness (QED) is 0.210. The van der Waals surface area contributed by atoms with Crippen LogP contribution in [0.4, 0.5) is 0 Å². The van der Waals surface area contributed by atoms with Crippen LogP contribution in [0.2, 0.25) is 0 Å². The van der Waals surface area contributed by atoms with Gasteiger partial charge in [0.05, 0.1) is 0 Å². The molecule has 0 aromatic rings. The Morgan fingerprint density at radius 3 is 1.32 bits per heavy atom. The standard InChI is InChI=1S/C27H57N/c1-9-17-22-28(23-18-10-2)27(15-7,16-8)25(14-6)24-26(19-11-3,20-12-4)21-13-5/h25H,9-24H2,1-8H3. The molecule has 0 amide bonds. The third-order valence-corrected chi connectivity index (χ3v) is 7.69. The lowest BCUT2D eigenvalue weighted by atomic mass is 9.63. The Hall–Kier alpha value is -0.0400. The Morgan fingerprint density at radius 2 is 1.04 bits per heavy atom. The molecule has 1 atom stereocenters. The van der Waals surface area contributed by atoms with Crippen molar-refractivity contribution in [3.63, 3.8) is 0 Å². The van der Waals surface area contributed by atoms with Crippen molar-refractivity contribution >= 4 is 0 Å². The fraction of sp³-hybridized carbons (Fsp3) is 1.00. The van der Waals surface area contributed by atoms with E-state index in [0.717, 1.165) is 5.92 Å². The SMILES string of the molecule is CCCCN(CCCC)C(CC)(CC)C(CC)CC(CCC)(CCC)CCC. The third-order valence-electron chi connectivity index (χ3n) is 7.69. The molecule has 0 aromatic heterocycles. The Kier molecular flexibility index (Phi) is 15.7. The Labute approximate surface area is 180 Å². The second kappa shape index (κ2) is 15.8. The third kappa shape index (κ3) is 8.00. The topological polar surface area (TPSA) is 3.24 Å². The van der Waals surface area contributed by atoms with Crippen LogP contribution in [0.3, 0.4) is 0 Å². The van der Waals surface area contributed by atoms with Crippen molar-refractivity contribution in [2.75, 3.05) is 13.1 Å². The maximum atomic E-state index is 2.96. The largest absolute Gasteiger partial charge is 0.297 e. The van der Waals surface area contributed by atoms with E-state index in [2.05, 4.69) is 60.3 Å². The summed E-state index contributed by atoms with van der Waals surface area (Å²) in [7, 11) is 0. The van der Waals surface area contributed by atoms with E-state index in [9.17, 15) is 0 Å². The molecule has 0 spiro atoms. The first-order valence-electron chi connectivity index (χ1n) is 13.2. The van der Waals surface area contributed by atoms with Gasteiger partial charge in [-0.25, -0.2) is 0 Å². The molecule has 0 rings (SSSR count). The molecule has 0 aromatic carbocycles. The number of hydrogen-bond donors (Lipinski definition) is 0. The molecule has 0 saturated heterocycles. The highest BCUT2D eigenvalue weighted by atomic mass is 15.2. The smallest absolute Gasteiger partial charge is 0.0232 e. The summed E-state index contributed by atoms with van der Waals surface area (Å²) in [5.41, 5.74) is 0.981. The van der Waals surface area contributed by atoms with Crippen molar-refractivity contribution in [1.29, 1.82) is 0 Å². The van der Waals surface area contributed by atoms with Gasteiger partial charge in [0.2, 0.25) is 0 Å². The predicted molar refractivity (Wildman–Crippen MR) is 130 cm³/mol. The van der Waals surface area contributed by atoms with Crippen LogP contribution in [-0.2, 0) is 0 Å². The van der Waals surface area contributed by atoms with E-state index in [1.807, 2.05) is 0 Å². The Bertz CT molecular complexity index is 319. The van der Waals surface area contributed by atoms with E-state index in [1.54, 1.807) is 0 Å². The van der Waals surface area contributed by atoms with Gasteiger partial charge in [-0.1, -0.05) is 93.9 Å². The summed E-state index contributed by atoms with van der Waals surface area (Å²) in [6.07, 6.45) is 19.1. The number of rotatable bonds is 19. The summed E-state index contributed by atoms with van der Waals surface area (Å²) < 4.78 is 0. The summed E-state index contributed by atoms with van der Waals surface area (Å²) in [5, 5.41) is 0. The molecule has 0 fully saturated rings. The zero-order valence-corrected chi connectivity index (χ0v) is 21.3. The zero-order chi connectivity index (χ0) is 21.5. The molecule has 28 heavy (non-hydrogen) atoms. The minimum Gasteiger partial charge on any atom is -0.297 e. The van der Waals surface area contributed by atoms with Gasteiger partial charge in [-0.15, -0.1) is 0 Å². The highest BCUT2D eigenvalue weighted by Gasteiger charge is 2.43. The van der Waals surface area contributed by atoms with Crippen LogP contribution in [0.25, 0.3) is 0 Å². The van der Waals surface area contributed by atoms with Crippen molar-refractivity contribution in [3.05, 3.63) is 0 Å². The van der Waals surface area contributed by atoms with Gasteiger partial charge in [-0.2, -0.15) is 0 Å². The van der Waals surface area contributed by atoms with Gasteiger partial charge in [0, 0.05) is 5.54 Å². The molecule has 0 saturated carbocycles. The molecule has 170 valence electrons. The molecular formula is C27H57N. The lowest BCUT2D eigenvalue weighted by Crippen LogP contribution is -2.55. The molecule has 0 N–H and O–H groups in total. The van der Waals surface area contributed by atoms with Gasteiger partial charge in [0.25, 0.3) is 0 Å². The van der Waals surface area contributed by atoms with Gasteiger partial charge in [0.15, 0.2) is 0 Å². The minimum absolute atomic E-state index is 0.402. The molecule has 1 unspecified atom stereocenters. The maximum Gasteiger partial charge on any atom is 0.0232 e. The first-order valence-corrected chi connectivity index (χ1v) is 13.2. The van der Waals surface area contributed by atoms with Crippen LogP contribution in [0.5, 0.6) is 0 Å². The second-order valence-corrected chi connectivity index (χ2v) is 9.56. The van der Waals surface area contributed by atoms with Gasteiger partial charge in [-0.05, 0) is 75.8 Å². The van der Waals surface area contributed by atoms with Gasteiger partial charge < -0.3 is 0 Å². The van der Waals surface area contributed by atoms with Crippen LogP contribution >= 0.6 is 0 Å². The van der Waals surface area contributed by atoms with E-state index in [-0.39, 0.29) is 0 Å². The molecule has 0 aliphatic heterocycles. The van der Waals surface area contributed by atoms with E-state index < -0.39 is 0 Å². The molecular weight excluding hydrogens is 338 g/mol. The van der Waals surface area contributed by atoms with Gasteiger partial charge in [0.1, 0.15) is 0 Å². The maximum absolute atomic E-state index is 2.96. The molecule has 0 aliphatic carbocycles. The van der Waals surface area contributed by atoms with Crippen molar-refractivity contribution in [3.8, 4) is 0 Å². The Balaban J connectivity index is 5.89. The predicted octanol–water partition coefficient (Wildman–Crippen LogP) is 9.25. The molecule has 0 bridgehead atoms. The van der Waals surface area contributed by atoms with Crippen molar-refractivity contribution in [2.45, 2.75) is 151 Å². The summed E-state index contributed by atoms with van der Waals surface area (Å²) in [6, 6.07) is 0. The summed E-state index contributed by atoms with van der Waals surface area (Å²) in [4.78, 5) is 2.96. The minimum atomic E-state index is 0.402. The summed E-state index contributed by atoms with van der Waals surface area (Å²) in [6.45, 7) is 22.0. The number of hydrogen-bond acceptors (Lipinski definition) is 1. The number of unbranched alkanes of at least 4 members (excludes halogenated alkanes) is 2. The normalized spacial score (nSPS) is 14.0. The van der Waals surface area contributed by atoms with Crippen LogP contribution in [0, 0.1) is 11.3 Å². The van der Waals surface area contributed by atoms with Crippen molar-refractivity contribution in [2.24, 2.45) is 11.3 Å². The molecule has 1 heteroatoms. The molecule has 1 nitrogen and oxygen atoms in total. The van der Waals surface area contributed by atoms with E-state index in [1.165, 1.54) is 103 Å². The van der Waals surface area contributed by atoms with Crippen molar-refractivity contribution in [1.82, 2.24) is 4.90 Å². The number of nitrogens with zero attached hydrogens (tertiary/aromatic N) is 1. The summed E-state index contributed by atoms with van der Waals surface area (Å²) in [5.74, 6) is 0.834. The monoisotopic (exact) mass is 395 g/mol. The molecule has 0 aliphatic rings. The van der Waals surface area contributed by atoms with E-state index in [0.29, 0.717) is 11.0 Å². The van der Waals surface area contributed by atoms with Crippen LogP contribution in [-0.4, -0.2) is 23.5 Å². The van der Waals surface area contributed by atoms with E-state index in [4.69, 9.17) is 0 Å². The highest BCUT2D eigenvalue weighted by molar-refractivity contribution is 4.97. The fourth-order valence-electron chi connectivity index (χ4n) is 6.30. The first kappa shape index (κ1) is 28.0. The molecule has 0 radical (unpaired) electrons. The Morgan fingerprint density at radius 1 is 0.607 bits per heavy atom. The highest BCUT2D eigenvalue weighted by Crippen LogP contribution is 2.47. The lowest BCUT2D eigenvalue weighted by Gasteiger charge is -2.52. The molecule has 0 heterocycles. The zero-order valence-electron chi connectivity index (χ0n) is 21.3. The summed E-state index contributed by atoms with van der Waals surface area (Å²) >= 11 is 0. The van der Waals surface area contributed by atoms with Gasteiger partial charge >= 0.3 is 0 Å². The first-order chi connectivity index (χ1) is 13.5. The average molecular weight is 396 g/mol. The van der Waals surface area contributed by atoms with E-state index >= 15 is 0 Å².